The molecule has 5 rings (SSSR count). The minimum absolute atomic E-state index is 0.139. The molecule has 3 heterocycles. The van der Waals surface area contributed by atoms with Gasteiger partial charge in [-0.1, -0.05) is 29.3 Å². The van der Waals surface area contributed by atoms with Gasteiger partial charge in [-0.2, -0.15) is 5.10 Å². The maximum Gasteiger partial charge on any atom is 0.163 e. The molecule has 1 aliphatic heterocycles. The van der Waals surface area contributed by atoms with E-state index < -0.39 is 0 Å². The molecule has 0 saturated carbocycles. The largest absolute Gasteiger partial charge is 0.464 e. The van der Waals surface area contributed by atoms with E-state index in [0.29, 0.717) is 16.5 Å². The van der Waals surface area contributed by atoms with Gasteiger partial charge in [-0.05, 0) is 42.7 Å². The lowest BCUT2D eigenvalue weighted by Crippen LogP contribution is -2.31. The third kappa shape index (κ3) is 2.61. The molecule has 1 aromatic carbocycles. The predicted octanol–water partition coefficient (Wildman–Crippen LogP) is 5.47. The molecule has 2 aliphatic rings. The summed E-state index contributed by atoms with van der Waals surface area (Å²) in [5.74, 6) is 1.68. The summed E-state index contributed by atoms with van der Waals surface area (Å²) in [4.78, 5) is 12.8. The van der Waals surface area contributed by atoms with Crippen LogP contribution in [-0.2, 0) is 4.79 Å². The third-order valence-corrected chi connectivity index (χ3v) is 5.82. The predicted molar refractivity (Wildman–Crippen MR) is 104 cm³/mol. The number of benzene rings is 1. The number of anilines is 1. The van der Waals surface area contributed by atoms with Crippen molar-refractivity contribution in [2.45, 2.75) is 25.3 Å². The number of carbonyl (C=O) groups is 1. The Balaban J connectivity index is 1.73. The zero-order chi connectivity index (χ0) is 18.5. The van der Waals surface area contributed by atoms with Gasteiger partial charge < -0.3 is 9.73 Å². The molecule has 0 amide bonds. The summed E-state index contributed by atoms with van der Waals surface area (Å²) in [6.45, 7) is 0. The molecule has 1 atom stereocenters. The lowest BCUT2D eigenvalue weighted by Gasteiger charge is -2.33. The van der Waals surface area contributed by atoms with Gasteiger partial charge in [0, 0.05) is 17.7 Å². The number of rotatable bonds is 2. The summed E-state index contributed by atoms with van der Waals surface area (Å²) in [5.41, 5.74) is 3.43. The summed E-state index contributed by atoms with van der Waals surface area (Å²) < 4.78 is 7.39. The third-order valence-electron chi connectivity index (χ3n) is 5.08. The number of hydrogen-bond acceptors (Lipinski definition) is 4. The van der Waals surface area contributed by atoms with Gasteiger partial charge >= 0.3 is 0 Å². The van der Waals surface area contributed by atoms with E-state index in [4.69, 9.17) is 27.6 Å². The Bertz CT molecular complexity index is 1080. The fourth-order valence-electron chi connectivity index (χ4n) is 3.86. The Morgan fingerprint density at radius 1 is 1.19 bits per heavy atom. The fourth-order valence-corrected chi connectivity index (χ4v) is 4.17. The van der Waals surface area contributed by atoms with Crippen molar-refractivity contribution in [3.8, 4) is 11.3 Å². The molecule has 0 saturated heterocycles. The van der Waals surface area contributed by atoms with Crippen molar-refractivity contribution in [1.29, 1.82) is 0 Å². The van der Waals surface area contributed by atoms with Crippen LogP contribution in [-0.4, -0.2) is 15.6 Å². The van der Waals surface area contributed by atoms with Crippen molar-refractivity contribution in [1.82, 2.24) is 9.78 Å². The summed E-state index contributed by atoms with van der Waals surface area (Å²) in [7, 11) is 0. The number of Topliss-reactive ketones (excluding diaryl/α,β-unsaturated/α-hetero) is 1. The number of carbonyl (C=O) groups excluding carboxylic acids is 1. The second-order valence-electron chi connectivity index (χ2n) is 6.70. The number of halogens is 2. The molecule has 0 bridgehead atoms. The summed E-state index contributed by atoms with van der Waals surface area (Å²) in [5, 5.41) is 8.95. The average molecular weight is 400 g/mol. The molecular formula is C20H15Cl2N3O2. The normalized spacial score (nSPS) is 18.9. The molecule has 0 spiro atoms. The summed E-state index contributed by atoms with van der Waals surface area (Å²) in [6, 6.07) is 8.85. The molecule has 136 valence electrons. The Hall–Kier alpha value is -2.50. The summed E-state index contributed by atoms with van der Waals surface area (Å²) >= 11 is 12.4. The van der Waals surface area contributed by atoms with Gasteiger partial charge in [0.25, 0.3) is 0 Å². The van der Waals surface area contributed by atoms with Crippen LogP contribution in [0.15, 0.2) is 58.5 Å². The second-order valence-corrected chi connectivity index (χ2v) is 7.51. The molecule has 7 heteroatoms. The highest BCUT2D eigenvalue weighted by atomic mass is 35.5. The van der Waals surface area contributed by atoms with Crippen LogP contribution in [0.5, 0.6) is 0 Å². The molecule has 1 N–H and O–H groups in total. The van der Waals surface area contributed by atoms with Crippen molar-refractivity contribution in [3.63, 3.8) is 0 Å². The number of aromatic nitrogens is 2. The van der Waals surface area contributed by atoms with Crippen LogP contribution in [0.25, 0.3) is 11.3 Å². The van der Waals surface area contributed by atoms with Gasteiger partial charge in [0.15, 0.2) is 5.78 Å². The summed E-state index contributed by atoms with van der Waals surface area (Å²) in [6.07, 6.45) is 5.59. The van der Waals surface area contributed by atoms with E-state index in [1.807, 2.05) is 28.9 Å². The molecule has 1 aliphatic carbocycles. The van der Waals surface area contributed by atoms with E-state index in [2.05, 4.69) is 10.4 Å². The topological polar surface area (TPSA) is 60.1 Å². The van der Waals surface area contributed by atoms with E-state index in [9.17, 15) is 4.79 Å². The highest BCUT2D eigenvalue weighted by molar-refractivity contribution is 6.42. The average Bonchev–Trinajstić information content (AvgIpc) is 3.32. The van der Waals surface area contributed by atoms with Gasteiger partial charge in [0.05, 0.1) is 28.1 Å². The monoisotopic (exact) mass is 399 g/mol. The van der Waals surface area contributed by atoms with Crippen molar-refractivity contribution >= 4 is 34.8 Å². The van der Waals surface area contributed by atoms with Crippen LogP contribution in [0.2, 0.25) is 10.0 Å². The van der Waals surface area contributed by atoms with Crippen LogP contribution < -0.4 is 5.32 Å². The van der Waals surface area contributed by atoms with E-state index >= 15 is 0 Å². The fraction of sp³-hybridized carbons (Fsp3) is 0.200. The van der Waals surface area contributed by atoms with Crippen LogP contribution in [0.3, 0.4) is 0 Å². The first-order valence-electron chi connectivity index (χ1n) is 8.73. The number of furan rings is 1. The highest BCUT2D eigenvalue weighted by Crippen LogP contribution is 2.44. The Morgan fingerprint density at radius 2 is 2.07 bits per heavy atom. The molecule has 2 aromatic heterocycles. The molecule has 1 unspecified atom stereocenters. The van der Waals surface area contributed by atoms with Gasteiger partial charge in [-0.3, -0.25) is 4.79 Å². The molecule has 5 nitrogen and oxygen atoms in total. The molecule has 0 radical (unpaired) electrons. The smallest absolute Gasteiger partial charge is 0.163 e. The zero-order valence-electron chi connectivity index (χ0n) is 14.2. The second kappa shape index (κ2) is 6.29. The number of hydrogen-bond donors (Lipinski definition) is 1. The lowest BCUT2D eigenvalue weighted by molar-refractivity contribution is -0.116. The van der Waals surface area contributed by atoms with Crippen molar-refractivity contribution in [2.75, 3.05) is 5.32 Å². The van der Waals surface area contributed by atoms with Crippen LogP contribution in [0, 0.1) is 0 Å². The Kier molecular flexibility index (Phi) is 3.88. The number of ketones is 1. The van der Waals surface area contributed by atoms with Gasteiger partial charge in [-0.15, -0.1) is 0 Å². The van der Waals surface area contributed by atoms with Crippen LogP contribution >= 0.6 is 23.2 Å². The van der Waals surface area contributed by atoms with Gasteiger partial charge in [-0.25, -0.2) is 4.68 Å². The maximum absolute atomic E-state index is 12.8. The van der Waals surface area contributed by atoms with Crippen molar-refractivity contribution in [2.24, 2.45) is 0 Å². The zero-order valence-corrected chi connectivity index (χ0v) is 15.7. The first-order valence-corrected chi connectivity index (χ1v) is 9.48. The number of nitrogens with zero attached hydrogens (tertiary/aromatic N) is 2. The van der Waals surface area contributed by atoms with E-state index in [1.165, 1.54) is 0 Å². The number of fused-ring (bicyclic) bond motifs is 1. The minimum Gasteiger partial charge on any atom is -0.464 e. The molecular weight excluding hydrogens is 385 g/mol. The standard InChI is InChI=1S/C20H15Cl2N3O2/c21-13-7-6-11(9-14(13)22)19-18-15(3-1-4-16(18)26)24-20-12(10-23-25(19)20)17-5-2-8-27-17/h2,5-10,19,24H,1,3-4H2. The number of allylic oxidation sites excluding steroid dienone is 2. The Morgan fingerprint density at radius 3 is 2.85 bits per heavy atom. The van der Waals surface area contributed by atoms with E-state index in [-0.39, 0.29) is 11.8 Å². The highest BCUT2D eigenvalue weighted by Gasteiger charge is 2.37. The van der Waals surface area contributed by atoms with Crippen LogP contribution in [0.4, 0.5) is 5.82 Å². The Labute approximate surface area is 165 Å². The first-order chi connectivity index (χ1) is 13.1. The van der Waals surface area contributed by atoms with Crippen LogP contribution in [0.1, 0.15) is 30.9 Å². The van der Waals surface area contributed by atoms with Crippen molar-refractivity contribution in [3.05, 3.63) is 69.7 Å². The van der Waals surface area contributed by atoms with Crippen molar-refractivity contribution < 1.29 is 9.21 Å². The SMILES string of the molecule is O=C1CCCC2=C1C(c1ccc(Cl)c(Cl)c1)n1ncc(-c3ccco3)c1N2. The number of nitrogens with one attached hydrogen (secondary N) is 1. The molecule has 3 aromatic rings. The first kappa shape index (κ1) is 16.7. The van der Waals surface area contributed by atoms with Gasteiger partial charge in [0.1, 0.15) is 17.6 Å². The van der Waals surface area contributed by atoms with Gasteiger partial charge in [0.2, 0.25) is 0 Å². The lowest BCUT2D eigenvalue weighted by atomic mass is 9.85. The van der Waals surface area contributed by atoms with E-state index in [0.717, 1.165) is 46.8 Å². The molecule has 0 fully saturated rings. The quantitative estimate of drug-likeness (QED) is 0.620. The minimum atomic E-state index is -0.345. The molecule has 27 heavy (non-hydrogen) atoms. The van der Waals surface area contributed by atoms with E-state index in [1.54, 1.807) is 18.5 Å². The maximum atomic E-state index is 12.8.